The molecule has 0 bridgehead atoms. The Bertz CT molecular complexity index is 348. The van der Waals surface area contributed by atoms with E-state index in [1.54, 1.807) is 6.26 Å². The number of ether oxygens (including phenoxy) is 1. The van der Waals surface area contributed by atoms with Crippen LogP contribution in [0.15, 0.2) is 16.7 Å². The lowest BCUT2D eigenvalue weighted by Crippen LogP contribution is -2.21. The van der Waals surface area contributed by atoms with Crippen LogP contribution in [0.1, 0.15) is 50.9 Å². The molecule has 1 fully saturated rings. The number of furan rings is 1. The van der Waals surface area contributed by atoms with E-state index in [4.69, 9.17) is 9.15 Å². The first-order valence-electron chi connectivity index (χ1n) is 7.17. The van der Waals surface area contributed by atoms with Crippen molar-refractivity contribution in [2.45, 2.75) is 58.8 Å². The molecule has 102 valence electrons. The predicted octanol–water partition coefficient (Wildman–Crippen LogP) is 3.48. The summed E-state index contributed by atoms with van der Waals surface area (Å²) in [5.74, 6) is 1.79. The second-order valence-electron chi connectivity index (χ2n) is 5.35. The molecule has 2 atom stereocenters. The first-order chi connectivity index (χ1) is 8.79. The second kappa shape index (κ2) is 6.95. The van der Waals surface area contributed by atoms with Gasteiger partial charge in [-0.2, -0.15) is 0 Å². The van der Waals surface area contributed by atoms with Gasteiger partial charge in [-0.1, -0.05) is 26.7 Å². The van der Waals surface area contributed by atoms with E-state index in [0.29, 0.717) is 12.7 Å². The Morgan fingerprint density at radius 3 is 3.11 bits per heavy atom. The van der Waals surface area contributed by atoms with Gasteiger partial charge in [-0.3, -0.25) is 0 Å². The molecule has 1 aliphatic carbocycles. The van der Waals surface area contributed by atoms with Gasteiger partial charge in [0.15, 0.2) is 0 Å². The van der Waals surface area contributed by atoms with E-state index in [-0.39, 0.29) is 0 Å². The highest BCUT2D eigenvalue weighted by molar-refractivity contribution is 5.16. The fourth-order valence-corrected chi connectivity index (χ4v) is 2.63. The van der Waals surface area contributed by atoms with E-state index < -0.39 is 0 Å². The van der Waals surface area contributed by atoms with Gasteiger partial charge in [0.1, 0.15) is 12.4 Å². The van der Waals surface area contributed by atoms with Gasteiger partial charge in [-0.15, -0.1) is 0 Å². The average molecular weight is 251 g/mol. The maximum Gasteiger partial charge on any atom is 0.133 e. The van der Waals surface area contributed by atoms with E-state index in [2.05, 4.69) is 19.2 Å². The van der Waals surface area contributed by atoms with Gasteiger partial charge in [-0.25, -0.2) is 0 Å². The Labute approximate surface area is 110 Å². The zero-order valence-electron chi connectivity index (χ0n) is 11.6. The van der Waals surface area contributed by atoms with Crippen LogP contribution in [-0.4, -0.2) is 12.6 Å². The molecule has 1 aliphatic rings. The summed E-state index contributed by atoms with van der Waals surface area (Å²) in [6.07, 6.45) is 7.23. The Balaban J connectivity index is 1.80. The predicted molar refractivity (Wildman–Crippen MR) is 72.3 cm³/mol. The maximum atomic E-state index is 6.00. The zero-order chi connectivity index (χ0) is 12.8. The third kappa shape index (κ3) is 3.85. The minimum atomic E-state index is 0.422. The van der Waals surface area contributed by atoms with Crippen molar-refractivity contribution in [1.82, 2.24) is 5.32 Å². The molecule has 1 heterocycles. The minimum Gasteiger partial charge on any atom is -0.467 e. The van der Waals surface area contributed by atoms with E-state index in [1.807, 2.05) is 6.07 Å². The summed E-state index contributed by atoms with van der Waals surface area (Å²) < 4.78 is 11.5. The molecule has 0 aromatic carbocycles. The lowest BCUT2D eigenvalue weighted by atomic mass is 9.89. The summed E-state index contributed by atoms with van der Waals surface area (Å²) in [6, 6.07) is 2.03. The number of rotatable bonds is 6. The van der Waals surface area contributed by atoms with Crippen molar-refractivity contribution in [2.24, 2.45) is 5.92 Å². The second-order valence-corrected chi connectivity index (χ2v) is 5.35. The van der Waals surface area contributed by atoms with Crippen molar-refractivity contribution in [3.05, 3.63) is 23.7 Å². The highest BCUT2D eigenvalue weighted by atomic mass is 16.5. The van der Waals surface area contributed by atoms with Crippen LogP contribution in [0, 0.1) is 5.92 Å². The third-order valence-electron chi connectivity index (χ3n) is 3.74. The van der Waals surface area contributed by atoms with Crippen LogP contribution >= 0.6 is 0 Å². The summed E-state index contributed by atoms with van der Waals surface area (Å²) in [6.45, 7) is 6.89. The standard InChI is InChI=1S/C15H25NO2/c1-3-16-10-13-7-8-17-15(13)11-18-14-6-4-5-12(2)9-14/h7-8,12,14,16H,3-6,9-11H2,1-2H3. The maximum absolute atomic E-state index is 6.00. The van der Waals surface area contributed by atoms with Crippen LogP contribution in [0.25, 0.3) is 0 Å². The highest BCUT2D eigenvalue weighted by Gasteiger charge is 2.20. The normalized spacial score (nSPS) is 24.3. The molecule has 3 nitrogen and oxygen atoms in total. The van der Waals surface area contributed by atoms with Crippen molar-refractivity contribution in [3.8, 4) is 0 Å². The summed E-state index contributed by atoms with van der Waals surface area (Å²) in [7, 11) is 0. The van der Waals surface area contributed by atoms with Gasteiger partial charge in [0.05, 0.1) is 12.4 Å². The average Bonchev–Trinajstić information content (AvgIpc) is 2.81. The van der Waals surface area contributed by atoms with Crippen molar-refractivity contribution >= 4 is 0 Å². The van der Waals surface area contributed by atoms with Gasteiger partial charge in [-0.05, 0) is 31.4 Å². The van der Waals surface area contributed by atoms with E-state index in [0.717, 1.165) is 24.8 Å². The molecule has 1 aromatic rings. The van der Waals surface area contributed by atoms with Gasteiger partial charge in [0.2, 0.25) is 0 Å². The summed E-state index contributed by atoms with van der Waals surface area (Å²) in [5, 5.41) is 3.32. The fraction of sp³-hybridized carbons (Fsp3) is 0.733. The molecule has 0 saturated heterocycles. The van der Waals surface area contributed by atoms with Gasteiger partial charge < -0.3 is 14.5 Å². The molecule has 0 aliphatic heterocycles. The molecule has 1 N–H and O–H groups in total. The summed E-state index contributed by atoms with van der Waals surface area (Å²) in [4.78, 5) is 0. The quantitative estimate of drug-likeness (QED) is 0.840. The van der Waals surface area contributed by atoms with Gasteiger partial charge >= 0.3 is 0 Å². The molecule has 0 amide bonds. The van der Waals surface area contributed by atoms with Gasteiger partial charge in [0, 0.05) is 12.1 Å². The first kappa shape index (κ1) is 13.6. The highest BCUT2D eigenvalue weighted by Crippen LogP contribution is 2.26. The van der Waals surface area contributed by atoms with E-state index >= 15 is 0 Å². The van der Waals surface area contributed by atoms with Gasteiger partial charge in [0.25, 0.3) is 0 Å². The largest absolute Gasteiger partial charge is 0.467 e. The molecule has 18 heavy (non-hydrogen) atoms. The lowest BCUT2D eigenvalue weighted by Gasteiger charge is -2.26. The summed E-state index contributed by atoms with van der Waals surface area (Å²) in [5.41, 5.74) is 1.22. The first-order valence-corrected chi connectivity index (χ1v) is 7.17. The van der Waals surface area contributed by atoms with Crippen molar-refractivity contribution in [3.63, 3.8) is 0 Å². The molecule has 2 unspecified atom stereocenters. The Morgan fingerprint density at radius 2 is 2.33 bits per heavy atom. The molecular weight excluding hydrogens is 226 g/mol. The van der Waals surface area contributed by atoms with Crippen molar-refractivity contribution in [2.75, 3.05) is 6.54 Å². The molecule has 3 heteroatoms. The number of hydrogen-bond donors (Lipinski definition) is 1. The zero-order valence-corrected chi connectivity index (χ0v) is 11.6. The van der Waals surface area contributed by atoms with Crippen LogP contribution in [-0.2, 0) is 17.9 Å². The SMILES string of the molecule is CCNCc1ccoc1COC1CCCC(C)C1. The fourth-order valence-electron chi connectivity index (χ4n) is 2.63. The summed E-state index contributed by atoms with van der Waals surface area (Å²) >= 11 is 0. The monoisotopic (exact) mass is 251 g/mol. The topological polar surface area (TPSA) is 34.4 Å². The van der Waals surface area contributed by atoms with Crippen LogP contribution in [0.2, 0.25) is 0 Å². The molecule has 0 radical (unpaired) electrons. The van der Waals surface area contributed by atoms with Crippen LogP contribution in [0.5, 0.6) is 0 Å². The van der Waals surface area contributed by atoms with E-state index in [1.165, 1.54) is 31.2 Å². The number of hydrogen-bond acceptors (Lipinski definition) is 3. The molecule has 0 spiro atoms. The van der Waals surface area contributed by atoms with Crippen LogP contribution in [0.4, 0.5) is 0 Å². The third-order valence-corrected chi connectivity index (χ3v) is 3.74. The van der Waals surface area contributed by atoms with Crippen molar-refractivity contribution < 1.29 is 9.15 Å². The van der Waals surface area contributed by atoms with E-state index in [9.17, 15) is 0 Å². The lowest BCUT2D eigenvalue weighted by molar-refractivity contribution is -0.00305. The Kier molecular flexibility index (Phi) is 5.26. The molecule has 2 rings (SSSR count). The minimum absolute atomic E-state index is 0.422. The van der Waals surface area contributed by atoms with Crippen molar-refractivity contribution in [1.29, 1.82) is 0 Å². The van der Waals surface area contributed by atoms with Crippen LogP contribution < -0.4 is 5.32 Å². The molecule has 1 aromatic heterocycles. The Morgan fingerprint density at radius 1 is 1.44 bits per heavy atom. The molecule has 1 saturated carbocycles. The smallest absolute Gasteiger partial charge is 0.133 e. The van der Waals surface area contributed by atoms with Crippen LogP contribution in [0.3, 0.4) is 0 Å². The molecular formula is C15H25NO2. The number of nitrogens with one attached hydrogen (secondary N) is 1. The Hall–Kier alpha value is -0.800.